The fraction of sp³-hybridized carbons (Fsp3) is 0.200. The van der Waals surface area contributed by atoms with Crippen molar-refractivity contribution in [1.29, 1.82) is 0 Å². The van der Waals surface area contributed by atoms with Crippen LogP contribution >= 0.6 is 15.9 Å². The van der Waals surface area contributed by atoms with E-state index in [1.165, 1.54) is 17.7 Å². The molecule has 0 amide bonds. The molecule has 1 N–H and O–H groups in total. The molecular weight excluding hydrogens is 293 g/mol. The van der Waals surface area contributed by atoms with Crippen molar-refractivity contribution in [3.8, 4) is 0 Å². The molecule has 2 aromatic carbocycles. The van der Waals surface area contributed by atoms with E-state index in [9.17, 15) is 4.39 Å². The molecule has 0 aliphatic heterocycles. The first kappa shape index (κ1) is 13.2. The fourth-order valence-electron chi connectivity index (χ4n) is 1.74. The second kappa shape index (κ2) is 6.12. The lowest BCUT2D eigenvalue weighted by molar-refractivity contribution is 0.573. The van der Waals surface area contributed by atoms with E-state index < -0.39 is 0 Å². The molecule has 0 saturated carbocycles. The fourth-order valence-corrected chi connectivity index (χ4v) is 2.01. The van der Waals surface area contributed by atoms with Gasteiger partial charge in [0.15, 0.2) is 0 Å². The van der Waals surface area contributed by atoms with Crippen LogP contribution in [0.15, 0.2) is 53.0 Å². The molecule has 18 heavy (non-hydrogen) atoms. The molecule has 0 bridgehead atoms. The summed E-state index contributed by atoms with van der Waals surface area (Å²) in [5, 5.41) is 3.42. The van der Waals surface area contributed by atoms with Crippen molar-refractivity contribution in [2.75, 3.05) is 0 Å². The van der Waals surface area contributed by atoms with E-state index in [0.29, 0.717) is 0 Å². The molecule has 0 fully saturated rings. The van der Waals surface area contributed by atoms with Crippen molar-refractivity contribution in [3.63, 3.8) is 0 Å². The predicted octanol–water partition coefficient (Wildman–Crippen LogP) is 4.44. The molecule has 0 aliphatic carbocycles. The normalized spacial score (nSPS) is 12.4. The molecule has 1 unspecified atom stereocenters. The SMILES string of the molecule is CC(NCc1ccc(F)cc1)c1ccc(Br)cc1. The molecule has 94 valence electrons. The van der Waals surface area contributed by atoms with Gasteiger partial charge in [-0.15, -0.1) is 0 Å². The second-order valence-electron chi connectivity index (χ2n) is 4.28. The minimum Gasteiger partial charge on any atom is -0.306 e. The number of benzene rings is 2. The number of hydrogen-bond donors (Lipinski definition) is 1. The Morgan fingerprint density at radius 2 is 1.67 bits per heavy atom. The van der Waals surface area contributed by atoms with Gasteiger partial charge in [-0.25, -0.2) is 4.39 Å². The van der Waals surface area contributed by atoms with Gasteiger partial charge < -0.3 is 5.32 Å². The monoisotopic (exact) mass is 307 g/mol. The van der Waals surface area contributed by atoms with E-state index in [1.54, 1.807) is 12.1 Å². The van der Waals surface area contributed by atoms with Crippen LogP contribution in [0.25, 0.3) is 0 Å². The zero-order chi connectivity index (χ0) is 13.0. The lowest BCUT2D eigenvalue weighted by Crippen LogP contribution is -2.17. The molecule has 1 atom stereocenters. The van der Waals surface area contributed by atoms with E-state index in [-0.39, 0.29) is 11.9 Å². The van der Waals surface area contributed by atoms with E-state index in [0.717, 1.165) is 16.6 Å². The first-order chi connectivity index (χ1) is 8.65. The highest BCUT2D eigenvalue weighted by atomic mass is 79.9. The first-order valence-electron chi connectivity index (χ1n) is 5.88. The topological polar surface area (TPSA) is 12.0 Å². The van der Waals surface area contributed by atoms with Crippen LogP contribution in [0.3, 0.4) is 0 Å². The summed E-state index contributed by atoms with van der Waals surface area (Å²) in [6.45, 7) is 2.85. The average Bonchev–Trinajstić information content (AvgIpc) is 2.38. The van der Waals surface area contributed by atoms with Crippen LogP contribution in [0, 0.1) is 5.82 Å². The molecule has 3 heteroatoms. The van der Waals surface area contributed by atoms with Crippen molar-refractivity contribution in [1.82, 2.24) is 5.32 Å². The smallest absolute Gasteiger partial charge is 0.123 e. The molecule has 0 radical (unpaired) electrons. The number of hydrogen-bond acceptors (Lipinski definition) is 1. The Bertz CT molecular complexity index is 493. The standard InChI is InChI=1S/C15H15BrFN/c1-11(13-4-6-14(16)7-5-13)18-10-12-2-8-15(17)9-3-12/h2-9,11,18H,10H2,1H3. The molecular formula is C15H15BrFN. The van der Waals surface area contributed by atoms with Crippen LogP contribution in [0.1, 0.15) is 24.1 Å². The van der Waals surface area contributed by atoms with Crippen molar-refractivity contribution < 1.29 is 4.39 Å². The largest absolute Gasteiger partial charge is 0.306 e. The Morgan fingerprint density at radius 3 is 2.28 bits per heavy atom. The molecule has 2 aromatic rings. The molecule has 0 heterocycles. The third-order valence-corrected chi connectivity index (χ3v) is 3.42. The minimum atomic E-state index is -0.195. The summed E-state index contributed by atoms with van der Waals surface area (Å²) >= 11 is 3.42. The summed E-state index contributed by atoms with van der Waals surface area (Å²) in [5.41, 5.74) is 2.32. The van der Waals surface area contributed by atoms with E-state index in [4.69, 9.17) is 0 Å². The van der Waals surface area contributed by atoms with E-state index in [2.05, 4.69) is 40.3 Å². The third kappa shape index (κ3) is 3.65. The van der Waals surface area contributed by atoms with E-state index in [1.807, 2.05) is 12.1 Å². The van der Waals surface area contributed by atoms with Crippen LogP contribution < -0.4 is 5.32 Å². The van der Waals surface area contributed by atoms with Gasteiger partial charge in [-0.2, -0.15) is 0 Å². The van der Waals surface area contributed by atoms with Crippen LogP contribution in [-0.4, -0.2) is 0 Å². The lowest BCUT2D eigenvalue weighted by atomic mass is 10.1. The number of rotatable bonds is 4. The Hall–Kier alpha value is -1.19. The Balaban J connectivity index is 1.93. The van der Waals surface area contributed by atoms with Gasteiger partial charge in [0.25, 0.3) is 0 Å². The van der Waals surface area contributed by atoms with Crippen molar-refractivity contribution in [3.05, 3.63) is 69.9 Å². The average molecular weight is 308 g/mol. The van der Waals surface area contributed by atoms with E-state index >= 15 is 0 Å². The highest BCUT2D eigenvalue weighted by Gasteiger charge is 2.04. The summed E-state index contributed by atoms with van der Waals surface area (Å²) < 4.78 is 13.8. The third-order valence-electron chi connectivity index (χ3n) is 2.90. The molecule has 0 aromatic heterocycles. The van der Waals surface area contributed by atoms with Crippen molar-refractivity contribution in [2.24, 2.45) is 0 Å². The Labute approximate surface area is 115 Å². The zero-order valence-electron chi connectivity index (χ0n) is 10.2. The van der Waals surface area contributed by atoms with Gasteiger partial charge >= 0.3 is 0 Å². The predicted molar refractivity (Wildman–Crippen MR) is 75.8 cm³/mol. The number of nitrogens with one attached hydrogen (secondary N) is 1. The lowest BCUT2D eigenvalue weighted by Gasteiger charge is -2.14. The van der Waals surface area contributed by atoms with Crippen LogP contribution in [0.4, 0.5) is 4.39 Å². The summed E-state index contributed by atoms with van der Waals surface area (Å²) in [7, 11) is 0. The molecule has 1 nitrogen and oxygen atoms in total. The van der Waals surface area contributed by atoms with Crippen molar-refractivity contribution in [2.45, 2.75) is 19.5 Å². The summed E-state index contributed by atoms with van der Waals surface area (Å²) in [6.07, 6.45) is 0. The first-order valence-corrected chi connectivity index (χ1v) is 6.68. The van der Waals surface area contributed by atoms with Gasteiger partial charge in [-0.05, 0) is 42.3 Å². The van der Waals surface area contributed by atoms with Crippen molar-refractivity contribution >= 4 is 15.9 Å². The quantitative estimate of drug-likeness (QED) is 0.880. The van der Waals surface area contributed by atoms with Gasteiger partial charge in [0, 0.05) is 17.1 Å². The second-order valence-corrected chi connectivity index (χ2v) is 5.20. The Morgan fingerprint density at radius 1 is 1.06 bits per heavy atom. The van der Waals surface area contributed by atoms with Gasteiger partial charge in [-0.3, -0.25) is 0 Å². The minimum absolute atomic E-state index is 0.195. The molecule has 0 spiro atoms. The highest BCUT2D eigenvalue weighted by Crippen LogP contribution is 2.17. The molecule has 0 saturated heterocycles. The molecule has 0 aliphatic rings. The van der Waals surface area contributed by atoms with Crippen LogP contribution in [0.5, 0.6) is 0 Å². The Kier molecular flexibility index (Phi) is 4.50. The van der Waals surface area contributed by atoms with Crippen LogP contribution in [0.2, 0.25) is 0 Å². The summed E-state index contributed by atoms with van der Waals surface area (Å²) in [5.74, 6) is -0.195. The maximum absolute atomic E-state index is 12.8. The van der Waals surface area contributed by atoms with Gasteiger partial charge in [0.2, 0.25) is 0 Å². The maximum atomic E-state index is 12.8. The number of halogens is 2. The highest BCUT2D eigenvalue weighted by molar-refractivity contribution is 9.10. The van der Waals surface area contributed by atoms with Gasteiger partial charge in [-0.1, -0.05) is 40.2 Å². The van der Waals surface area contributed by atoms with Gasteiger partial charge in [0.05, 0.1) is 0 Å². The van der Waals surface area contributed by atoms with Gasteiger partial charge in [0.1, 0.15) is 5.82 Å². The summed E-state index contributed by atoms with van der Waals surface area (Å²) in [6, 6.07) is 15.1. The molecule has 2 rings (SSSR count). The maximum Gasteiger partial charge on any atom is 0.123 e. The summed E-state index contributed by atoms with van der Waals surface area (Å²) in [4.78, 5) is 0. The van der Waals surface area contributed by atoms with Crippen LogP contribution in [-0.2, 0) is 6.54 Å². The zero-order valence-corrected chi connectivity index (χ0v) is 11.7.